The summed E-state index contributed by atoms with van der Waals surface area (Å²) in [6, 6.07) is 3.83. The Morgan fingerprint density at radius 2 is 1.78 bits per heavy atom. The van der Waals surface area contributed by atoms with Gasteiger partial charge >= 0.3 is 6.18 Å². The van der Waals surface area contributed by atoms with Gasteiger partial charge in [0.15, 0.2) is 0 Å². The molecule has 3 N–H and O–H groups in total. The van der Waals surface area contributed by atoms with Crippen LogP contribution in [0, 0.1) is 5.82 Å². The molecule has 0 fully saturated rings. The summed E-state index contributed by atoms with van der Waals surface area (Å²) in [5, 5.41) is 10.7. The number of benzene rings is 1. The summed E-state index contributed by atoms with van der Waals surface area (Å²) in [6.45, 7) is 3.64. The zero-order valence-corrected chi connectivity index (χ0v) is 21.4. The first kappa shape index (κ1) is 29.7. The van der Waals surface area contributed by atoms with E-state index in [1.165, 1.54) is 29.9 Å². The standard InChI is InChI=1S/C24H32F4N6O3/c1-14(2)34-20(6-8-31-34)23(37)29-12-21(35)32-19-10-16(7-9-33(4)5)17(11-18(19)25)15(3)22(36)30-13-24(26,27)28/h6,8,10-11,14-15H,7,9,12-13H2,1-5H3,(H,29,37)(H,30,36)(H,32,35). The molecule has 1 atom stereocenters. The van der Waals surface area contributed by atoms with Gasteiger partial charge in [-0.25, -0.2) is 4.39 Å². The van der Waals surface area contributed by atoms with Crippen LogP contribution in [-0.4, -0.2) is 72.3 Å². The van der Waals surface area contributed by atoms with Crippen LogP contribution < -0.4 is 16.0 Å². The number of nitrogens with zero attached hydrogens (tertiary/aromatic N) is 3. The number of hydrogen-bond donors (Lipinski definition) is 3. The minimum absolute atomic E-state index is 0.0734. The first-order valence-corrected chi connectivity index (χ1v) is 11.6. The molecule has 0 saturated heterocycles. The molecule has 1 heterocycles. The minimum Gasteiger partial charge on any atom is -0.346 e. The lowest BCUT2D eigenvalue weighted by Gasteiger charge is -2.20. The van der Waals surface area contributed by atoms with Gasteiger partial charge in [-0.05, 0) is 70.6 Å². The van der Waals surface area contributed by atoms with Gasteiger partial charge in [0.2, 0.25) is 11.8 Å². The van der Waals surface area contributed by atoms with E-state index in [0.29, 0.717) is 18.5 Å². The number of carbonyl (C=O) groups excluding carboxylic acids is 3. The van der Waals surface area contributed by atoms with Crippen molar-refractivity contribution in [3.8, 4) is 0 Å². The van der Waals surface area contributed by atoms with Crippen molar-refractivity contribution in [1.29, 1.82) is 0 Å². The molecule has 204 valence electrons. The fraction of sp³-hybridized carbons (Fsp3) is 0.500. The third kappa shape index (κ3) is 8.85. The molecule has 0 aliphatic rings. The zero-order chi connectivity index (χ0) is 27.9. The Kier molecular flexibility index (Phi) is 10.2. The Hall–Kier alpha value is -3.48. The highest BCUT2D eigenvalue weighted by molar-refractivity contribution is 5.98. The number of amides is 3. The van der Waals surface area contributed by atoms with Gasteiger partial charge in [-0.15, -0.1) is 0 Å². The van der Waals surface area contributed by atoms with Gasteiger partial charge < -0.3 is 20.9 Å². The second-order valence-electron chi connectivity index (χ2n) is 9.12. The molecular weight excluding hydrogens is 496 g/mol. The van der Waals surface area contributed by atoms with Gasteiger partial charge in [-0.3, -0.25) is 19.1 Å². The Morgan fingerprint density at radius 1 is 1.11 bits per heavy atom. The van der Waals surface area contributed by atoms with Crippen molar-refractivity contribution >= 4 is 23.4 Å². The molecule has 0 spiro atoms. The predicted octanol–water partition coefficient (Wildman–Crippen LogP) is 2.86. The highest BCUT2D eigenvalue weighted by atomic mass is 19.4. The number of aromatic nitrogens is 2. The fourth-order valence-corrected chi connectivity index (χ4v) is 3.53. The summed E-state index contributed by atoms with van der Waals surface area (Å²) >= 11 is 0. The minimum atomic E-state index is -4.58. The van der Waals surface area contributed by atoms with E-state index >= 15 is 0 Å². The topological polar surface area (TPSA) is 108 Å². The number of anilines is 1. The highest BCUT2D eigenvalue weighted by Gasteiger charge is 2.30. The first-order chi connectivity index (χ1) is 17.2. The molecule has 13 heteroatoms. The lowest BCUT2D eigenvalue weighted by Crippen LogP contribution is -2.36. The van der Waals surface area contributed by atoms with Crippen molar-refractivity contribution in [2.45, 2.75) is 45.3 Å². The normalized spacial score (nSPS) is 12.5. The average molecular weight is 529 g/mol. The molecule has 1 aromatic carbocycles. The van der Waals surface area contributed by atoms with Gasteiger partial charge in [0.05, 0.1) is 18.2 Å². The van der Waals surface area contributed by atoms with E-state index in [4.69, 9.17) is 0 Å². The summed E-state index contributed by atoms with van der Waals surface area (Å²) in [5.41, 5.74) is 0.797. The maximum atomic E-state index is 14.9. The van der Waals surface area contributed by atoms with Crippen molar-refractivity contribution in [3.63, 3.8) is 0 Å². The lowest BCUT2D eigenvalue weighted by molar-refractivity contribution is -0.139. The third-order valence-electron chi connectivity index (χ3n) is 5.46. The Bertz CT molecular complexity index is 1110. The molecule has 0 aliphatic carbocycles. The van der Waals surface area contributed by atoms with E-state index in [0.717, 1.165) is 6.07 Å². The molecule has 0 aliphatic heterocycles. The van der Waals surface area contributed by atoms with E-state index in [2.05, 4.69) is 15.7 Å². The lowest BCUT2D eigenvalue weighted by atomic mass is 9.92. The van der Waals surface area contributed by atoms with Gasteiger partial charge in [0.25, 0.3) is 5.91 Å². The maximum absolute atomic E-state index is 14.9. The number of rotatable bonds is 11. The van der Waals surface area contributed by atoms with Gasteiger partial charge in [-0.1, -0.05) is 0 Å². The third-order valence-corrected chi connectivity index (χ3v) is 5.46. The molecule has 0 radical (unpaired) electrons. The van der Waals surface area contributed by atoms with Crippen LogP contribution >= 0.6 is 0 Å². The first-order valence-electron chi connectivity index (χ1n) is 11.6. The van der Waals surface area contributed by atoms with Gasteiger partial charge in [-0.2, -0.15) is 18.3 Å². The molecular formula is C24H32F4N6O3. The number of likely N-dealkylation sites (N-methyl/N-ethyl adjacent to an activating group) is 1. The number of halogens is 4. The van der Waals surface area contributed by atoms with Crippen molar-refractivity contribution in [1.82, 2.24) is 25.3 Å². The Labute approximate surface area is 212 Å². The molecule has 37 heavy (non-hydrogen) atoms. The van der Waals surface area contributed by atoms with Crippen molar-refractivity contribution in [2.75, 3.05) is 39.0 Å². The Balaban J connectivity index is 2.17. The number of carbonyl (C=O) groups is 3. The monoisotopic (exact) mass is 528 g/mol. The van der Waals surface area contributed by atoms with E-state index in [-0.39, 0.29) is 23.0 Å². The van der Waals surface area contributed by atoms with Crippen molar-refractivity contribution in [2.24, 2.45) is 0 Å². The molecule has 1 unspecified atom stereocenters. The second-order valence-corrected chi connectivity index (χ2v) is 9.12. The molecule has 2 rings (SSSR count). The van der Waals surface area contributed by atoms with Crippen LogP contribution in [0.4, 0.5) is 23.2 Å². The zero-order valence-electron chi connectivity index (χ0n) is 21.4. The van der Waals surface area contributed by atoms with Crippen molar-refractivity contribution < 1.29 is 31.9 Å². The number of nitrogens with one attached hydrogen (secondary N) is 3. The van der Waals surface area contributed by atoms with Crippen LogP contribution in [-0.2, 0) is 16.0 Å². The summed E-state index contributed by atoms with van der Waals surface area (Å²) in [6.07, 6.45) is -2.77. The number of hydrogen-bond acceptors (Lipinski definition) is 5. The molecule has 3 amide bonds. The van der Waals surface area contributed by atoms with Crippen LogP contribution in [0.25, 0.3) is 0 Å². The van der Waals surface area contributed by atoms with Crippen LogP contribution in [0.5, 0.6) is 0 Å². The van der Waals surface area contributed by atoms with Gasteiger partial charge in [0, 0.05) is 18.8 Å². The SMILES string of the molecule is CC(C(=O)NCC(F)(F)F)c1cc(F)c(NC(=O)CNC(=O)c2ccnn2C(C)C)cc1CCN(C)C. The quantitative estimate of drug-likeness (QED) is 0.389. The molecule has 2 aromatic rings. The average Bonchev–Trinajstić information content (AvgIpc) is 3.30. The number of alkyl halides is 3. The van der Waals surface area contributed by atoms with Crippen LogP contribution in [0.3, 0.4) is 0 Å². The van der Waals surface area contributed by atoms with E-state index < -0.39 is 48.7 Å². The highest BCUT2D eigenvalue weighted by Crippen LogP contribution is 2.28. The second kappa shape index (κ2) is 12.7. The fourth-order valence-electron chi connectivity index (χ4n) is 3.53. The van der Waals surface area contributed by atoms with E-state index in [1.807, 2.05) is 24.1 Å². The summed E-state index contributed by atoms with van der Waals surface area (Å²) in [5.74, 6) is -4.05. The molecule has 0 bridgehead atoms. The maximum Gasteiger partial charge on any atom is 0.405 e. The van der Waals surface area contributed by atoms with Gasteiger partial charge in [0.1, 0.15) is 18.1 Å². The molecule has 0 saturated carbocycles. The van der Waals surface area contributed by atoms with E-state index in [1.54, 1.807) is 14.1 Å². The van der Waals surface area contributed by atoms with Crippen LogP contribution in [0.2, 0.25) is 0 Å². The molecule has 1 aromatic heterocycles. The summed E-state index contributed by atoms with van der Waals surface area (Å²) < 4.78 is 53.9. The summed E-state index contributed by atoms with van der Waals surface area (Å²) in [4.78, 5) is 39.0. The predicted molar refractivity (Wildman–Crippen MR) is 130 cm³/mol. The summed E-state index contributed by atoms with van der Waals surface area (Å²) in [7, 11) is 3.61. The molecule has 9 nitrogen and oxygen atoms in total. The van der Waals surface area contributed by atoms with Crippen LogP contribution in [0.1, 0.15) is 54.3 Å². The van der Waals surface area contributed by atoms with Crippen LogP contribution in [0.15, 0.2) is 24.4 Å². The smallest absolute Gasteiger partial charge is 0.346 e. The largest absolute Gasteiger partial charge is 0.405 e. The van der Waals surface area contributed by atoms with Crippen molar-refractivity contribution in [3.05, 3.63) is 47.0 Å². The Morgan fingerprint density at radius 3 is 2.38 bits per heavy atom. The van der Waals surface area contributed by atoms with E-state index in [9.17, 15) is 31.9 Å².